The fourth-order valence-electron chi connectivity index (χ4n) is 3.42. The van der Waals surface area contributed by atoms with E-state index >= 15 is 0 Å². The van der Waals surface area contributed by atoms with Gasteiger partial charge in [0.2, 0.25) is 10.0 Å². The maximum absolute atomic E-state index is 13.0. The summed E-state index contributed by atoms with van der Waals surface area (Å²) in [6.45, 7) is 5.35. The minimum absolute atomic E-state index is 0.119. The molecule has 1 saturated heterocycles. The van der Waals surface area contributed by atoms with Gasteiger partial charge >= 0.3 is 6.18 Å². The molecular weight excluding hydrogens is 437 g/mol. The Kier molecular flexibility index (Phi) is 6.16. The summed E-state index contributed by atoms with van der Waals surface area (Å²) in [5.74, 6) is 0. The highest BCUT2D eigenvalue weighted by Gasteiger charge is 2.51. The molecule has 5 nitrogen and oxygen atoms in total. The fourth-order valence-corrected chi connectivity index (χ4v) is 5.49. The monoisotopic (exact) mass is 459 g/mol. The first-order valence-corrected chi connectivity index (χ1v) is 11.1. The van der Waals surface area contributed by atoms with E-state index in [1.807, 2.05) is 4.90 Å². The summed E-state index contributed by atoms with van der Waals surface area (Å²) in [7, 11) is -3.74. The number of sulfonamides is 1. The SMILES string of the molecule is [CH2]C1CN(S(=O)(=O)C2=CC=CCC2=S)CCN1c1ccc(C(C)(O)C(F)(F)F)cc1. The van der Waals surface area contributed by atoms with Gasteiger partial charge < -0.3 is 10.0 Å². The topological polar surface area (TPSA) is 60.9 Å². The molecule has 3 rings (SSSR count). The van der Waals surface area contributed by atoms with Crippen molar-refractivity contribution in [3.8, 4) is 0 Å². The summed E-state index contributed by atoms with van der Waals surface area (Å²) in [5.41, 5.74) is -2.63. The van der Waals surface area contributed by atoms with Crippen LogP contribution in [0.5, 0.6) is 0 Å². The van der Waals surface area contributed by atoms with E-state index in [2.05, 4.69) is 6.92 Å². The maximum atomic E-state index is 13.0. The van der Waals surface area contributed by atoms with Crippen LogP contribution in [0.3, 0.4) is 0 Å². The smallest absolute Gasteiger partial charge is 0.376 e. The van der Waals surface area contributed by atoms with E-state index in [4.69, 9.17) is 12.2 Å². The van der Waals surface area contributed by atoms with Crippen LogP contribution in [0, 0.1) is 6.92 Å². The molecule has 30 heavy (non-hydrogen) atoms. The third-order valence-electron chi connectivity index (χ3n) is 5.34. The summed E-state index contributed by atoms with van der Waals surface area (Å²) in [5, 5.41) is 9.80. The van der Waals surface area contributed by atoms with Gasteiger partial charge in [0.05, 0.1) is 4.91 Å². The predicted octanol–water partition coefficient (Wildman–Crippen LogP) is 3.32. The summed E-state index contributed by atoms with van der Waals surface area (Å²) in [6, 6.07) is 4.94. The zero-order valence-electron chi connectivity index (χ0n) is 16.3. The third-order valence-corrected chi connectivity index (χ3v) is 7.80. The average molecular weight is 460 g/mol. The second-order valence-corrected chi connectivity index (χ2v) is 9.81. The minimum Gasteiger partial charge on any atom is -0.376 e. The number of alkyl halides is 3. The van der Waals surface area contributed by atoms with Crippen LogP contribution in [-0.2, 0) is 15.6 Å². The Morgan fingerprint density at radius 1 is 1.20 bits per heavy atom. The van der Waals surface area contributed by atoms with Gasteiger partial charge in [0, 0.05) is 42.6 Å². The Bertz CT molecular complexity index is 984. The number of hydrogen-bond acceptors (Lipinski definition) is 5. The minimum atomic E-state index is -4.80. The van der Waals surface area contributed by atoms with Gasteiger partial charge in [-0.2, -0.15) is 17.5 Å². The van der Waals surface area contributed by atoms with Crippen LogP contribution < -0.4 is 4.90 Å². The predicted molar refractivity (Wildman–Crippen MR) is 113 cm³/mol. The Hall–Kier alpha value is -1.75. The van der Waals surface area contributed by atoms with Crippen molar-refractivity contribution in [2.75, 3.05) is 24.5 Å². The van der Waals surface area contributed by atoms with Crippen molar-refractivity contribution in [1.82, 2.24) is 4.31 Å². The number of aliphatic hydroxyl groups is 1. The molecule has 0 amide bonds. The molecule has 2 aliphatic rings. The van der Waals surface area contributed by atoms with Crippen LogP contribution in [0.25, 0.3) is 0 Å². The van der Waals surface area contributed by atoms with E-state index in [1.165, 1.54) is 34.6 Å². The van der Waals surface area contributed by atoms with Gasteiger partial charge in [-0.1, -0.05) is 36.5 Å². The highest BCUT2D eigenvalue weighted by molar-refractivity contribution is 7.96. The van der Waals surface area contributed by atoms with E-state index < -0.39 is 27.8 Å². The van der Waals surface area contributed by atoms with Crippen LogP contribution in [-0.4, -0.2) is 54.5 Å². The lowest BCUT2D eigenvalue weighted by atomic mass is 9.95. The molecule has 1 aromatic carbocycles. The quantitative estimate of drug-likeness (QED) is 0.700. The van der Waals surface area contributed by atoms with Gasteiger partial charge in [0.15, 0.2) is 5.60 Å². The second kappa shape index (κ2) is 8.07. The maximum Gasteiger partial charge on any atom is 0.421 e. The molecule has 0 aromatic heterocycles. The van der Waals surface area contributed by atoms with Crippen molar-refractivity contribution < 1.29 is 26.7 Å². The average Bonchev–Trinajstić information content (AvgIpc) is 2.67. The lowest BCUT2D eigenvalue weighted by Gasteiger charge is -2.41. The Morgan fingerprint density at radius 3 is 2.37 bits per heavy atom. The highest BCUT2D eigenvalue weighted by Crippen LogP contribution is 2.39. The molecular formula is C20H22F3N2O3S2. The highest BCUT2D eigenvalue weighted by atomic mass is 32.2. The van der Waals surface area contributed by atoms with Gasteiger partial charge in [-0.3, -0.25) is 0 Å². The third kappa shape index (κ3) is 4.18. The Morgan fingerprint density at radius 2 is 1.83 bits per heavy atom. The normalized spacial score (nSPS) is 23.3. The standard InChI is InChI=1S/C20H22F3N2O3S2/c1-14-13-24(30(27,28)18-6-4-3-5-17(18)29)11-12-25(14)16-9-7-15(8-10-16)19(2,26)20(21,22)23/h3-4,6-10,14,26H,1,5,11-13H2,2H3. The van der Waals surface area contributed by atoms with Crippen molar-refractivity contribution in [3.63, 3.8) is 0 Å². The second-order valence-electron chi connectivity index (χ2n) is 7.41. The van der Waals surface area contributed by atoms with E-state index in [0.29, 0.717) is 30.4 Å². The van der Waals surface area contributed by atoms with Crippen LogP contribution in [0.15, 0.2) is 47.4 Å². The first-order valence-electron chi connectivity index (χ1n) is 9.25. The van der Waals surface area contributed by atoms with Gasteiger partial charge in [0.1, 0.15) is 0 Å². The van der Waals surface area contributed by atoms with Gasteiger partial charge in [-0.05, 0) is 37.6 Å². The molecule has 1 N–H and O–H groups in total. The number of rotatable bonds is 4. The summed E-state index contributed by atoms with van der Waals surface area (Å²) >= 11 is 5.19. The largest absolute Gasteiger partial charge is 0.421 e. The number of anilines is 1. The number of hydrogen-bond donors (Lipinski definition) is 1. The molecule has 1 radical (unpaired) electrons. The van der Waals surface area contributed by atoms with Crippen LogP contribution in [0.1, 0.15) is 18.9 Å². The Balaban J connectivity index is 1.75. The molecule has 2 unspecified atom stereocenters. The lowest BCUT2D eigenvalue weighted by Crippen LogP contribution is -2.54. The molecule has 1 aromatic rings. The van der Waals surface area contributed by atoms with Crippen LogP contribution in [0.2, 0.25) is 0 Å². The number of nitrogens with zero attached hydrogens (tertiary/aromatic N) is 2. The van der Waals surface area contributed by atoms with E-state index in [-0.39, 0.29) is 23.6 Å². The van der Waals surface area contributed by atoms with Crippen LogP contribution >= 0.6 is 12.2 Å². The number of halogens is 3. The number of benzene rings is 1. The summed E-state index contributed by atoms with van der Waals surface area (Å²) < 4.78 is 66.3. The molecule has 0 spiro atoms. The van der Waals surface area contributed by atoms with Crippen molar-refractivity contribution in [3.05, 3.63) is 59.9 Å². The lowest BCUT2D eigenvalue weighted by molar-refractivity contribution is -0.258. The zero-order valence-corrected chi connectivity index (χ0v) is 17.9. The first-order chi connectivity index (χ1) is 13.9. The molecule has 10 heteroatoms. The molecule has 1 aliphatic carbocycles. The van der Waals surface area contributed by atoms with Crippen molar-refractivity contribution in [2.45, 2.75) is 31.2 Å². The molecule has 1 heterocycles. The van der Waals surface area contributed by atoms with Crippen molar-refractivity contribution in [1.29, 1.82) is 0 Å². The molecule has 1 aliphatic heterocycles. The van der Waals surface area contributed by atoms with Gasteiger partial charge in [-0.25, -0.2) is 8.42 Å². The van der Waals surface area contributed by atoms with Gasteiger partial charge in [-0.15, -0.1) is 0 Å². The van der Waals surface area contributed by atoms with E-state index in [1.54, 1.807) is 12.2 Å². The fraction of sp³-hybridized carbons (Fsp3) is 0.400. The molecule has 163 valence electrons. The summed E-state index contributed by atoms with van der Waals surface area (Å²) in [4.78, 5) is 2.32. The van der Waals surface area contributed by atoms with Crippen molar-refractivity contribution in [2.24, 2.45) is 0 Å². The summed E-state index contributed by atoms with van der Waals surface area (Å²) in [6.07, 6.45) is 0.563. The van der Waals surface area contributed by atoms with Crippen LogP contribution in [0.4, 0.5) is 18.9 Å². The van der Waals surface area contributed by atoms with Crippen molar-refractivity contribution >= 4 is 32.8 Å². The van der Waals surface area contributed by atoms with E-state index in [9.17, 15) is 26.7 Å². The molecule has 0 saturated carbocycles. The Labute approximate surface area is 179 Å². The first kappa shape index (κ1) is 22.9. The molecule has 1 fully saturated rings. The number of thiocarbonyl (C=S) groups is 1. The van der Waals surface area contributed by atoms with Gasteiger partial charge in [0.25, 0.3) is 0 Å². The number of piperazine rings is 1. The zero-order chi connectivity index (χ0) is 22.3. The number of allylic oxidation sites excluding steroid dienone is 4. The molecule has 2 atom stereocenters. The van der Waals surface area contributed by atoms with E-state index in [0.717, 1.165) is 0 Å². The molecule has 0 bridgehead atoms.